The molecular formula is C26H25N3O4. The molecule has 2 aromatic heterocycles. The van der Waals surface area contributed by atoms with Gasteiger partial charge in [-0.05, 0) is 68.3 Å². The number of nitrogens with zero attached hydrogens (tertiary/aromatic N) is 2. The Morgan fingerprint density at radius 1 is 1.12 bits per heavy atom. The van der Waals surface area contributed by atoms with Crippen molar-refractivity contribution in [3.63, 3.8) is 0 Å². The number of ether oxygens (including phenoxy) is 2. The van der Waals surface area contributed by atoms with Crippen LogP contribution in [-0.4, -0.2) is 23.2 Å². The summed E-state index contributed by atoms with van der Waals surface area (Å²) in [6.45, 7) is 6.05. The summed E-state index contributed by atoms with van der Waals surface area (Å²) in [7, 11) is 1.58. The van der Waals surface area contributed by atoms with Crippen molar-refractivity contribution in [2.75, 3.05) is 12.4 Å². The van der Waals surface area contributed by atoms with Gasteiger partial charge < -0.3 is 19.3 Å². The van der Waals surface area contributed by atoms with Crippen LogP contribution < -0.4 is 14.8 Å². The van der Waals surface area contributed by atoms with Gasteiger partial charge in [0, 0.05) is 17.7 Å². The van der Waals surface area contributed by atoms with E-state index in [0.717, 1.165) is 44.7 Å². The molecule has 0 radical (unpaired) electrons. The Kier molecular flexibility index (Phi) is 6.40. The van der Waals surface area contributed by atoms with Crippen molar-refractivity contribution < 1.29 is 18.8 Å². The number of aryl methyl sites for hydroxylation is 3. The monoisotopic (exact) mass is 443 g/mol. The average Bonchev–Trinajstić information content (AvgIpc) is 3.15. The number of pyridine rings is 1. The molecule has 1 amide bonds. The molecule has 0 unspecified atom stereocenters. The average molecular weight is 444 g/mol. The first kappa shape index (κ1) is 22.1. The second-order valence-electron chi connectivity index (χ2n) is 7.65. The van der Waals surface area contributed by atoms with Gasteiger partial charge in [0.25, 0.3) is 0 Å². The van der Waals surface area contributed by atoms with Crippen LogP contribution >= 0.6 is 0 Å². The molecular weight excluding hydrogens is 418 g/mol. The number of benzene rings is 2. The number of nitrogens with one attached hydrogen (secondary N) is 1. The molecule has 7 nitrogen and oxygen atoms in total. The third-order valence-electron chi connectivity index (χ3n) is 5.40. The molecule has 168 valence electrons. The first-order valence-corrected chi connectivity index (χ1v) is 10.5. The predicted molar refractivity (Wildman–Crippen MR) is 127 cm³/mol. The third-order valence-corrected chi connectivity index (χ3v) is 5.40. The summed E-state index contributed by atoms with van der Waals surface area (Å²) in [5, 5.41) is 7.78. The normalized spacial score (nSPS) is 11.2. The molecule has 4 rings (SSSR count). The Morgan fingerprint density at radius 3 is 2.73 bits per heavy atom. The topological polar surface area (TPSA) is 86.5 Å². The maximum atomic E-state index is 12.5. The summed E-state index contributed by atoms with van der Waals surface area (Å²) in [5.74, 6) is 1.66. The van der Waals surface area contributed by atoms with Crippen LogP contribution in [0.1, 0.15) is 28.1 Å². The standard InChI is InChI=1S/C26H25N3O4/c1-16-7-10-22(20-6-5-13-27-26(16)20)28-25(30)12-9-19-8-11-23(24(14-19)31-4)32-15-21-17(2)29-33-18(21)3/h5-14H,15H2,1-4H3,(H,28,30)/b12-9+. The summed E-state index contributed by atoms with van der Waals surface area (Å²) in [5.41, 5.74) is 5.17. The van der Waals surface area contributed by atoms with E-state index in [-0.39, 0.29) is 5.91 Å². The summed E-state index contributed by atoms with van der Waals surface area (Å²) in [6, 6.07) is 13.1. The van der Waals surface area contributed by atoms with Gasteiger partial charge in [0.05, 0.1) is 29.6 Å². The smallest absolute Gasteiger partial charge is 0.248 e. The number of rotatable bonds is 7. The zero-order chi connectivity index (χ0) is 23.4. The van der Waals surface area contributed by atoms with E-state index in [0.29, 0.717) is 18.1 Å². The summed E-state index contributed by atoms with van der Waals surface area (Å²) in [4.78, 5) is 17.0. The molecule has 0 saturated heterocycles. The van der Waals surface area contributed by atoms with Gasteiger partial charge in [-0.2, -0.15) is 0 Å². The lowest BCUT2D eigenvalue weighted by Crippen LogP contribution is -2.08. The second kappa shape index (κ2) is 9.56. The fourth-order valence-electron chi connectivity index (χ4n) is 3.53. The van der Waals surface area contributed by atoms with Crippen LogP contribution in [0.2, 0.25) is 0 Å². The van der Waals surface area contributed by atoms with Crippen molar-refractivity contribution in [1.82, 2.24) is 10.1 Å². The third kappa shape index (κ3) is 4.87. The largest absolute Gasteiger partial charge is 0.493 e. The maximum absolute atomic E-state index is 12.5. The Balaban J connectivity index is 1.46. The van der Waals surface area contributed by atoms with Crippen molar-refractivity contribution in [2.24, 2.45) is 0 Å². The molecule has 4 aromatic rings. The van der Waals surface area contributed by atoms with Crippen molar-refractivity contribution in [3.8, 4) is 11.5 Å². The molecule has 2 aromatic carbocycles. The van der Waals surface area contributed by atoms with Gasteiger partial charge in [-0.1, -0.05) is 17.3 Å². The van der Waals surface area contributed by atoms with Gasteiger partial charge in [-0.15, -0.1) is 0 Å². The molecule has 2 heterocycles. The van der Waals surface area contributed by atoms with Gasteiger partial charge in [-0.25, -0.2) is 0 Å². The number of fused-ring (bicyclic) bond motifs is 1. The lowest BCUT2D eigenvalue weighted by molar-refractivity contribution is -0.111. The lowest BCUT2D eigenvalue weighted by atomic mass is 10.1. The number of carbonyl (C=O) groups excluding carboxylic acids is 1. The second-order valence-corrected chi connectivity index (χ2v) is 7.65. The number of anilines is 1. The quantitative estimate of drug-likeness (QED) is 0.386. The number of hydrogen-bond donors (Lipinski definition) is 1. The number of carbonyl (C=O) groups is 1. The first-order chi connectivity index (χ1) is 16.0. The van der Waals surface area contributed by atoms with Crippen molar-refractivity contribution in [3.05, 3.63) is 82.9 Å². The molecule has 0 spiro atoms. The van der Waals surface area contributed by atoms with Crippen molar-refractivity contribution in [2.45, 2.75) is 27.4 Å². The fraction of sp³-hybridized carbons (Fsp3) is 0.192. The van der Waals surface area contributed by atoms with E-state index >= 15 is 0 Å². The summed E-state index contributed by atoms with van der Waals surface area (Å²) >= 11 is 0. The molecule has 0 bridgehead atoms. The van der Waals surface area contributed by atoms with E-state index in [4.69, 9.17) is 14.0 Å². The van der Waals surface area contributed by atoms with Crippen LogP contribution in [0.5, 0.6) is 11.5 Å². The first-order valence-electron chi connectivity index (χ1n) is 10.5. The highest BCUT2D eigenvalue weighted by atomic mass is 16.5. The molecule has 1 N–H and O–H groups in total. The van der Waals surface area contributed by atoms with Gasteiger partial charge >= 0.3 is 0 Å². The van der Waals surface area contributed by atoms with E-state index in [1.165, 1.54) is 6.08 Å². The van der Waals surface area contributed by atoms with Crippen LogP contribution in [-0.2, 0) is 11.4 Å². The van der Waals surface area contributed by atoms with E-state index in [1.807, 2.05) is 63.2 Å². The molecule has 0 fully saturated rings. The van der Waals surface area contributed by atoms with Gasteiger partial charge in [0.2, 0.25) is 5.91 Å². The zero-order valence-corrected chi connectivity index (χ0v) is 19.0. The number of hydrogen-bond acceptors (Lipinski definition) is 6. The Morgan fingerprint density at radius 2 is 1.97 bits per heavy atom. The molecule has 0 aliphatic heterocycles. The van der Waals surface area contributed by atoms with Gasteiger partial charge in [0.1, 0.15) is 12.4 Å². The van der Waals surface area contributed by atoms with Crippen LogP contribution in [0, 0.1) is 20.8 Å². The highest BCUT2D eigenvalue weighted by Gasteiger charge is 2.12. The number of aromatic nitrogens is 2. The Hall–Kier alpha value is -4.13. The Labute approximate surface area is 192 Å². The summed E-state index contributed by atoms with van der Waals surface area (Å²) < 4.78 is 16.6. The van der Waals surface area contributed by atoms with Gasteiger partial charge in [-0.3, -0.25) is 9.78 Å². The minimum Gasteiger partial charge on any atom is -0.493 e. The predicted octanol–water partition coefficient (Wildman–Crippen LogP) is 5.39. The van der Waals surface area contributed by atoms with Crippen molar-refractivity contribution >= 4 is 28.6 Å². The van der Waals surface area contributed by atoms with Crippen molar-refractivity contribution in [1.29, 1.82) is 0 Å². The number of amides is 1. The SMILES string of the molecule is COc1cc(/C=C/C(=O)Nc2ccc(C)c3ncccc23)ccc1OCc1c(C)noc1C. The zero-order valence-electron chi connectivity index (χ0n) is 19.0. The fourth-order valence-corrected chi connectivity index (χ4v) is 3.53. The van der Waals surface area contributed by atoms with E-state index in [1.54, 1.807) is 19.4 Å². The van der Waals surface area contributed by atoms with Gasteiger partial charge in [0.15, 0.2) is 11.5 Å². The molecule has 7 heteroatoms. The van der Waals surface area contributed by atoms with Crippen LogP contribution in [0.4, 0.5) is 5.69 Å². The molecule has 0 aliphatic rings. The highest BCUT2D eigenvalue weighted by molar-refractivity contribution is 6.07. The van der Waals surface area contributed by atoms with E-state index in [9.17, 15) is 4.79 Å². The maximum Gasteiger partial charge on any atom is 0.248 e. The molecule has 33 heavy (non-hydrogen) atoms. The minimum atomic E-state index is -0.235. The van der Waals surface area contributed by atoms with Crippen LogP contribution in [0.3, 0.4) is 0 Å². The summed E-state index contributed by atoms with van der Waals surface area (Å²) in [6.07, 6.45) is 4.96. The van der Waals surface area contributed by atoms with E-state index < -0.39 is 0 Å². The lowest BCUT2D eigenvalue weighted by Gasteiger charge is -2.11. The molecule has 0 aliphatic carbocycles. The molecule has 0 saturated carbocycles. The van der Waals surface area contributed by atoms with Crippen LogP contribution in [0.25, 0.3) is 17.0 Å². The van der Waals surface area contributed by atoms with Crippen LogP contribution in [0.15, 0.2) is 59.3 Å². The Bertz CT molecular complexity index is 1320. The highest BCUT2D eigenvalue weighted by Crippen LogP contribution is 2.30. The number of methoxy groups -OCH3 is 1. The minimum absolute atomic E-state index is 0.235. The van der Waals surface area contributed by atoms with E-state index in [2.05, 4.69) is 15.5 Å². The molecule has 0 atom stereocenters.